The second-order valence-corrected chi connectivity index (χ2v) is 5.66. The van der Waals surface area contributed by atoms with Gasteiger partial charge in [-0.15, -0.1) is 0 Å². The van der Waals surface area contributed by atoms with Crippen LogP contribution in [-0.4, -0.2) is 37.5 Å². The van der Waals surface area contributed by atoms with Crippen molar-refractivity contribution in [2.75, 3.05) is 19.0 Å². The van der Waals surface area contributed by atoms with Crippen LogP contribution in [0.1, 0.15) is 22.8 Å². The maximum absolute atomic E-state index is 12.2. The van der Waals surface area contributed by atoms with Crippen molar-refractivity contribution in [3.05, 3.63) is 59.7 Å². The van der Waals surface area contributed by atoms with Crippen molar-refractivity contribution in [1.82, 2.24) is 5.32 Å². The molecule has 0 aliphatic rings. The molecule has 0 saturated heterocycles. The highest BCUT2D eigenvalue weighted by Gasteiger charge is 2.20. The minimum atomic E-state index is -1.11. The van der Waals surface area contributed by atoms with Gasteiger partial charge in [0.25, 0.3) is 11.8 Å². The summed E-state index contributed by atoms with van der Waals surface area (Å²) in [6.45, 7) is 0.980. The summed E-state index contributed by atoms with van der Waals surface area (Å²) in [7, 11) is 1.44. The van der Waals surface area contributed by atoms with E-state index in [1.807, 2.05) is 6.07 Å². The van der Waals surface area contributed by atoms with Gasteiger partial charge in [-0.05, 0) is 31.2 Å². The van der Waals surface area contributed by atoms with Crippen LogP contribution in [0.15, 0.2) is 48.5 Å². The van der Waals surface area contributed by atoms with E-state index >= 15 is 0 Å². The van der Waals surface area contributed by atoms with Gasteiger partial charge in [0.05, 0.1) is 23.9 Å². The summed E-state index contributed by atoms with van der Waals surface area (Å²) in [4.78, 5) is 36.2. The van der Waals surface area contributed by atoms with Crippen LogP contribution < -0.4 is 15.4 Å². The normalized spacial score (nSPS) is 10.9. The Morgan fingerprint density at radius 2 is 1.79 bits per heavy atom. The highest BCUT2D eigenvalue weighted by Crippen LogP contribution is 2.17. The Morgan fingerprint density at radius 1 is 1.11 bits per heavy atom. The number of hydrogen-bond acceptors (Lipinski definition) is 6. The molecular weight excluding hydrogens is 362 g/mol. The van der Waals surface area contributed by atoms with Crippen LogP contribution in [0.5, 0.6) is 5.75 Å². The molecule has 0 bridgehead atoms. The van der Waals surface area contributed by atoms with Crippen molar-refractivity contribution < 1.29 is 23.9 Å². The summed E-state index contributed by atoms with van der Waals surface area (Å²) in [6.07, 6.45) is -1.11. The zero-order chi connectivity index (χ0) is 20.5. The number of ether oxygens (including phenoxy) is 2. The number of nitrogens with one attached hydrogen (secondary N) is 2. The molecule has 8 heteroatoms. The molecule has 2 aromatic carbocycles. The molecule has 2 amide bonds. The van der Waals surface area contributed by atoms with Crippen LogP contribution >= 0.6 is 0 Å². The van der Waals surface area contributed by atoms with Gasteiger partial charge in [0.1, 0.15) is 18.4 Å². The van der Waals surface area contributed by atoms with Gasteiger partial charge in [-0.2, -0.15) is 5.26 Å². The predicted octanol–water partition coefficient (Wildman–Crippen LogP) is 1.87. The number of benzene rings is 2. The minimum Gasteiger partial charge on any atom is -0.496 e. The third kappa shape index (κ3) is 5.32. The Hall–Kier alpha value is -3.86. The van der Waals surface area contributed by atoms with E-state index in [0.29, 0.717) is 17.0 Å². The lowest BCUT2D eigenvalue weighted by atomic mass is 10.2. The maximum Gasteiger partial charge on any atom is 0.326 e. The fourth-order valence-electron chi connectivity index (χ4n) is 2.30. The number of nitrogens with zero attached hydrogens (tertiary/aromatic N) is 1. The number of rotatable bonds is 7. The van der Waals surface area contributed by atoms with Gasteiger partial charge in [-0.1, -0.05) is 24.3 Å². The summed E-state index contributed by atoms with van der Waals surface area (Å²) in [5.74, 6) is -1.50. The van der Waals surface area contributed by atoms with Crippen molar-refractivity contribution in [3.8, 4) is 11.8 Å². The largest absolute Gasteiger partial charge is 0.496 e. The first-order valence-corrected chi connectivity index (χ1v) is 8.37. The SMILES string of the molecule is COc1ccccc1C(=O)NCC(=O)O[C@H](C)C(=O)Nc1ccccc1C#N. The Bertz CT molecular complexity index is 920. The zero-order valence-electron chi connectivity index (χ0n) is 15.4. The number of esters is 1. The monoisotopic (exact) mass is 381 g/mol. The van der Waals surface area contributed by atoms with E-state index < -0.39 is 30.4 Å². The van der Waals surface area contributed by atoms with E-state index in [1.54, 1.807) is 48.5 Å². The summed E-state index contributed by atoms with van der Waals surface area (Å²) in [5.41, 5.74) is 0.887. The molecule has 2 rings (SSSR count). The highest BCUT2D eigenvalue weighted by atomic mass is 16.5. The van der Waals surface area contributed by atoms with Crippen molar-refractivity contribution >= 4 is 23.5 Å². The fourth-order valence-corrected chi connectivity index (χ4v) is 2.30. The highest BCUT2D eigenvalue weighted by molar-refractivity contribution is 5.99. The molecule has 0 aromatic heterocycles. The fraction of sp³-hybridized carbons (Fsp3) is 0.200. The molecule has 0 spiro atoms. The zero-order valence-corrected chi connectivity index (χ0v) is 15.4. The number of carbonyl (C=O) groups excluding carboxylic acids is 3. The van der Waals surface area contributed by atoms with Gasteiger partial charge < -0.3 is 20.1 Å². The van der Waals surface area contributed by atoms with Crippen LogP contribution in [0, 0.1) is 11.3 Å². The topological polar surface area (TPSA) is 118 Å². The molecule has 8 nitrogen and oxygen atoms in total. The van der Waals surface area contributed by atoms with Gasteiger partial charge in [-0.3, -0.25) is 14.4 Å². The van der Waals surface area contributed by atoms with Crippen molar-refractivity contribution in [1.29, 1.82) is 5.26 Å². The Labute approximate surface area is 162 Å². The smallest absolute Gasteiger partial charge is 0.326 e. The first-order chi connectivity index (χ1) is 13.5. The molecule has 0 aliphatic carbocycles. The summed E-state index contributed by atoms with van der Waals surface area (Å²) < 4.78 is 10.1. The van der Waals surface area contributed by atoms with Crippen molar-refractivity contribution in [2.45, 2.75) is 13.0 Å². The lowest BCUT2D eigenvalue weighted by Gasteiger charge is -2.14. The number of hydrogen-bond donors (Lipinski definition) is 2. The van der Waals surface area contributed by atoms with E-state index in [0.717, 1.165) is 0 Å². The Kier molecular flexibility index (Phi) is 7.11. The second-order valence-electron chi connectivity index (χ2n) is 5.66. The van der Waals surface area contributed by atoms with Crippen molar-refractivity contribution in [3.63, 3.8) is 0 Å². The molecule has 144 valence electrons. The number of para-hydroxylation sites is 2. The van der Waals surface area contributed by atoms with Gasteiger partial charge >= 0.3 is 5.97 Å². The average Bonchev–Trinajstić information content (AvgIpc) is 2.72. The van der Waals surface area contributed by atoms with E-state index in [9.17, 15) is 14.4 Å². The lowest BCUT2D eigenvalue weighted by Crippen LogP contribution is -2.36. The molecule has 2 aromatic rings. The maximum atomic E-state index is 12.2. The third-order valence-corrected chi connectivity index (χ3v) is 3.73. The number of amides is 2. The van der Waals surface area contributed by atoms with Gasteiger partial charge in [0.2, 0.25) is 0 Å². The average molecular weight is 381 g/mol. The Morgan fingerprint density at radius 3 is 2.50 bits per heavy atom. The summed E-state index contributed by atoms with van der Waals surface area (Å²) in [5, 5.41) is 14.0. The van der Waals surface area contributed by atoms with Crippen LogP contribution in [0.2, 0.25) is 0 Å². The number of anilines is 1. The summed E-state index contributed by atoms with van der Waals surface area (Å²) >= 11 is 0. The Balaban J connectivity index is 1.87. The van der Waals surface area contributed by atoms with E-state index in [1.165, 1.54) is 14.0 Å². The van der Waals surface area contributed by atoms with E-state index in [4.69, 9.17) is 14.7 Å². The van der Waals surface area contributed by atoms with E-state index in [-0.39, 0.29) is 5.56 Å². The van der Waals surface area contributed by atoms with E-state index in [2.05, 4.69) is 10.6 Å². The number of carbonyl (C=O) groups is 3. The quantitative estimate of drug-likeness (QED) is 0.707. The van der Waals surface area contributed by atoms with Gasteiger partial charge in [0, 0.05) is 0 Å². The van der Waals surface area contributed by atoms with Crippen LogP contribution in [0.3, 0.4) is 0 Å². The minimum absolute atomic E-state index is 0.275. The van der Waals surface area contributed by atoms with Gasteiger partial charge in [-0.25, -0.2) is 0 Å². The number of nitriles is 1. The predicted molar refractivity (Wildman–Crippen MR) is 101 cm³/mol. The summed E-state index contributed by atoms with van der Waals surface area (Å²) in [6, 6.07) is 15.0. The van der Waals surface area contributed by atoms with Crippen LogP contribution in [0.25, 0.3) is 0 Å². The van der Waals surface area contributed by atoms with Crippen LogP contribution in [-0.2, 0) is 14.3 Å². The molecule has 28 heavy (non-hydrogen) atoms. The standard InChI is InChI=1S/C20H19N3O5/c1-13(19(25)23-16-9-5-3-7-14(16)11-21)28-18(24)12-22-20(26)15-8-4-6-10-17(15)27-2/h3-10,13H,12H2,1-2H3,(H,22,26)(H,23,25)/t13-/m1/s1. The van der Waals surface area contributed by atoms with Crippen molar-refractivity contribution in [2.24, 2.45) is 0 Å². The third-order valence-electron chi connectivity index (χ3n) is 3.73. The molecule has 0 unspecified atom stereocenters. The molecule has 0 radical (unpaired) electrons. The molecule has 0 aliphatic heterocycles. The van der Waals surface area contributed by atoms with Gasteiger partial charge in [0.15, 0.2) is 6.10 Å². The first-order valence-electron chi connectivity index (χ1n) is 8.37. The molecule has 0 saturated carbocycles. The number of methoxy groups -OCH3 is 1. The molecule has 0 fully saturated rings. The lowest BCUT2D eigenvalue weighted by molar-refractivity contribution is -0.152. The molecule has 2 N–H and O–H groups in total. The molecule has 0 heterocycles. The first kappa shape index (κ1) is 20.5. The molecule has 1 atom stereocenters. The molecular formula is C20H19N3O5. The van der Waals surface area contributed by atoms with Crippen LogP contribution in [0.4, 0.5) is 5.69 Å². The second kappa shape index (κ2) is 9.73.